The van der Waals surface area contributed by atoms with Gasteiger partial charge >= 0.3 is 0 Å². The summed E-state index contributed by atoms with van der Waals surface area (Å²) in [5.74, 6) is 0. The number of hydrogen-bond acceptors (Lipinski definition) is 1. The number of piperidine rings is 1. The number of unbranched alkanes of at least 4 members (excludes halogenated alkanes) is 6. The van der Waals surface area contributed by atoms with Gasteiger partial charge in [-0.3, -0.25) is 0 Å². The van der Waals surface area contributed by atoms with E-state index in [1.807, 2.05) is 0 Å². The van der Waals surface area contributed by atoms with E-state index in [1.54, 1.807) is 0 Å². The van der Waals surface area contributed by atoms with Crippen LogP contribution in [0.25, 0.3) is 0 Å². The van der Waals surface area contributed by atoms with Crippen LogP contribution in [0, 0.1) is 0 Å². The van der Waals surface area contributed by atoms with Crippen LogP contribution < -0.4 is 0 Å². The van der Waals surface area contributed by atoms with Gasteiger partial charge in [-0.25, -0.2) is 0 Å². The van der Waals surface area contributed by atoms with Crippen molar-refractivity contribution < 1.29 is 0 Å². The second-order valence-electron chi connectivity index (χ2n) is 5.07. The van der Waals surface area contributed by atoms with Gasteiger partial charge in [0.2, 0.25) is 0 Å². The summed E-state index contributed by atoms with van der Waals surface area (Å²) in [5, 5.41) is 1.18. The van der Waals surface area contributed by atoms with Crippen molar-refractivity contribution in [3.05, 3.63) is 0 Å². The molecule has 0 N–H and O–H groups in total. The molecule has 0 unspecified atom stereocenters. The normalized spacial score (nSPS) is 17.8. The van der Waals surface area contributed by atoms with Crippen molar-refractivity contribution in [2.24, 2.45) is 0 Å². The lowest BCUT2D eigenvalue weighted by Crippen LogP contribution is -2.30. The van der Waals surface area contributed by atoms with E-state index in [-0.39, 0.29) is 0 Å². The molecule has 1 nitrogen and oxygen atoms in total. The molecule has 0 aromatic heterocycles. The van der Waals surface area contributed by atoms with Crippen LogP contribution in [0.1, 0.15) is 64.2 Å². The predicted molar refractivity (Wildman–Crippen MR) is 76.4 cm³/mol. The Morgan fingerprint density at radius 3 is 1.88 bits per heavy atom. The maximum absolute atomic E-state index is 3.48. The van der Waals surface area contributed by atoms with Crippen molar-refractivity contribution in [3.63, 3.8) is 0 Å². The molecule has 0 amide bonds. The van der Waals surface area contributed by atoms with Gasteiger partial charge in [0.15, 0.2) is 0 Å². The SMILES string of the molecule is BrCCCCCCCCCN1CCCCC1. The minimum absolute atomic E-state index is 1.18. The topological polar surface area (TPSA) is 3.24 Å². The number of likely N-dealkylation sites (tertiary alicyclic amines) is 1. The Morgan fingerprint density at radius 1 is 0.688 bits per heavy atom. The third kappa shape index (κ3) is 7.67. The second kappa shape index (κ2) is 10.6. The van der Waals surface area contributed by atoms with Gasteiger partial charge in [0.05, 0.1) is 0 Å². The van der Waals surface area contributed by atoms with Gasteiger partial charge in [-0.15, -0.1) is 0 Å². The molecule has 0 bridgehead atoms. The lowest BCUT2D eigenvalue weighted by Gasteiger charge is -2.26. The molecule has 0 atom stereocenters. The Balaban J connectivity index is 1.77. The van der Waals surface area contributed by atoms with Crippen LogP contribution in [-0.4, -0.2) is 29.9 Å². The van der Waals surface area contributed by atoms with Gasteiger partial charge in [-0.2, -0.15) is 0 Å². The highest BCUT2D eigenvalue weighted by Crippen LogP contribution is 2.11. The van der Waals surface area contributed by atoms with E-state index < -0.39 is 0 Å². The second-order valence-corrected chi connectivity index (χ2v) is 5.86. The van der Waals surface area contributed by atoms with Crippen LogP contribution in [-0.2, 0) is 0 Å². The highest BCUT2D eigenvalue weighted by atomic mass is 79.9. The summed E-state index contributed by atoms with van der Waals surface area (Å²) in [5.41, 5.74) is 0. The van der Waals surface area contributed by atoms with Gasteiger partial charge in [-0.1, -0.05) is 54.5 Å². The number of halogens is 1. The van der Waals surface area contributed by atoms with Crippen LogP contribution in [0.4, 0.5) is 0 Å². The first-order valence-electron chi connectivity index (χ1n) is 7.22. The standard InChI is InChI=1S/C14H28BrN/c15-11-7-4-2-1-3-5-8-12-16-13-9-6-10-14-16/h1-14H2. The fourth-order valence-corrected chi connectivity index (χ4v) is 2.89. The summed E-state index contributed by atoms with van der Waals surface area (Å²) in [6.45, 7) is 4.10. The van der Waals surface area contributed by atoms with Gasteiger partial charge in [0, 0.05) is 5.33 Å². The van der Waals surface area contributed by atoms with Crippen LogP contribution in [0.2, 0.25) is 0 Å². The molecule has 1 rings (SSSR count). The van der Waals surface area contributed by atoms with Gasteiger partial charge in [0.1, 0.15) is 0 Å². The van der Waals surface area contributed by atoms with Crippen LogP contribution in [0.5, 0.6) is 0 Å². The minimum Gasteiger partial charge on any atom is -0.303 e. The summed E-state index contributed by atoms with van der Waals surface area (Å²) < 4.78 is 0. The van der Waals surface area contributed by atoms with Crippen molar-refractivity contribution in [1.82, 2.24) is 4.90 Å². The van der Waals surface area contributed by atoms with Crippen molar-refractivity contribution in [1.29, 1.82) is 0 Å². The van der Waals surface area contributed by atoms with Crippen LogP contribution in [0.3, 0.4) is 0 Å². The minimum atomic E-state index is 1.18. The summed E-state index contributed by atoms with van der Waals surface area (Å²) in [6.07, 6.45) is 14.3. The molecule has 96 valence electrons. The molecule has 1 fully saturated rings. The van der Waals surface area contributed by atoms with E-state index in [4.69, 9.17) is 0 Å². The highest BCUT2D eigenvalue weighted by molar-refractivity contribution is 9.09. The molecule has 0 aliphatic carbocycles. The van der Waals surface area contributed by atoms with E-state index in [0.29, 0.717) is 0 Å². The van der Waals surface area contributed by atoms with E-state index in [1.165, 1.54) is 89.2 Å². The highest BCUT2D eigenvalue weighted by Gasteiger charge is 2.08. The van der Waals surface area contributed by atoms with E-state index in [0.717, 1.165) is 0 Å². The zero-order chi connectivity index (χ0) is 11.5. The maximum Gasteiger partial charge on any atom is 0.00313 e. The molecule has 1 aliphatic rings. The van der Waals surface area contributed by atoms with Gasteiger partial charge in [-0.05, 0) is 45.3 Å². The average molecular weight is 290 g/mol. The first kappa shape index (κ1) is 14.5. The first-order valence-corrected chi connectivity index (χ1v) is 8.34. The molecule has 0 radical (unpaired) electrons. The Morgan fingerprint density at radius 2 is 1.25 bits per heavy atom. The Kier molecular flexibility index (Phi) is 9.59. The molecule has 1 aliphatic heterocycles. The molecule has 0 aromatic carbocycles. The third-order valence-corrected chi connectivity index (χ3v) is 4.12. The molecule has 2 heteroatoms. The molecule has 1 heterocycles. The summed E-state index contributed by atoms with van der Waals surface area (Å²) >= 11 is 3.48. The molecule has 0 saturated carbocycles. The largest absolute Gasteiger partial charge is 0.303 e. The molecular weight excluding hydrogens is 262 g/mol. The summed E-state index contributed by atoms with van der Waals surface area (Å²) in [6, 6.07) is 0. The first-order chi connectivity index (χ1) is 7.93. The van der Waals surface area contributed by atoms with Crippen molar-refractivity contribution in [2.75, 3.05) is 25.0 Å². The molecule has 16 heavy (non-hydrogen) atoms. The Bertz CT molecular complexity index is 144. The van der Waals surface area contributed by atoms with E-state index in [2.05, 4.69) is 20.8 Å². The molecule has 0 aromatic rings. The van der Waals surface area contributed by atoms with Crippen molar-refractivity contribution >= 4 is 15.9 Å². The number of nitrogens with zero attached hydrogens (tertiary/aromatic N) is 1. The lowest BCUT2D eigenvalue weighted by molar-refractivity contribution is 0.224. The zero-order valence-electron chi connectivity index (χ0n) is 10.7. The number of alkyl halides is 1. The smallest absolute Gasteiger partial charge is 0.00313 e. The quantitative estimate of drug-likeness (QED) is 0.443. The van der Waals surface area contributed by atoms with Crippen molar-refractivity contribution in [2.45, 2.75) is 64.2 Å². The molecule has 0 spiro atoms. The summed E-state index contributed by atoms with van der Waals surface area (Å²) in [7, 11) is 0. The fourth-order valence-electron chi connectivity index (χ4n) is 2.50. The predicted octanol–water partition coefficient (Wildman–Crippen LogP) is 4.60. The number of rotatable bonds is 9. The Hall–Kier alpha value is 0.440. The van der Waals surface area contributed by atoms with Crippen LogP contribution in [0.15, 0.2) is 0 Å². The maximum atomic E-state index is 3.48. The van der Waals surface area contributed by atoms with E-state index in [9.17, 15) is 0 Å². The third-order valence-electron chi connectivity index (χ3n) is 3.56. The van der Waals surface area contributed by atoms with Gasteiger partial charge < -0.3 is 4.90 Å². The monoisotopic (exact) mass is 289 g/mol. The van der Waals surface area contributed by atoms with E-state index >= 15 is 0 Å². The van der Waals surface area contributed by atoms with Gasteiger partial charge in [0.25, 0.3) is 0 Å². The average Bonchev–Trinajstić information content (AvgIpc) is 2.34. The summed E-state index contributed by atoms with van der Waals surface area (Å²) in [4.78, 5) is 2.66. The fraction of sp³-hybridized carbons (Fsp3) is 1.00. The zero-order valence-corrected chi connectivity index (χ0v) is 12.3. The molecule has 1 saturated heterocycles. The lowest BCUT2D eigenvalue weighted by atomic mass is 10.1. The number of hydrogen-bond donors (Lipinski definition) is 0. The van der Waals surface area contributed by atoms with Crippen LogP contribution >= 0.6 is 15.9 Å². The Labute approximate surface area is 110 Å². The van der Waals surface area contributed by atoms with Crippen molar-refractivity contribution in [3.8, 4) is 0 Å². The molecular formula is C14H28BrN.